The molecule has 3 aromatic heterocycles. The van der Waals surface area contributed by atoms with Gasteiger partial charge in [-0.1, -0.05) is 29.8 Å². The van der Waals surface area contributed by atoms with Crippen molar-refractivity contribution in [1.82, 2.24) is 24.7 Å². The second-order valence-corrected chi connectivity index (χ2v) is 7.40. The molecule has 0 atom stereocenters. The fraction of sp³-hybridized carbons (Fsp3) is 0.0435. The van der Waals surface area contributed by atoms with Crippen LogP contribution in [-0.2, 0) is 0 Å². The van der Waals surface area contributed by atoms with Crippen molar-refractivity contribution in [2.24, 2.45) is 0 Å². The summed E-state index contributed by atoms with van der Waals surface area (Å²) in [7, 11) is 0. The maximum absolute atomic E-state index is 12.9. The van der Waals surface area contributed by atoms with E-state index >= 15 is 0 Å². The van der Waals surface area contributed by atoms with E-state index in [0.29, 0.717) is 33.6 Å². The first-order valence-electron chi connectivity index (χ1n) is 9.62. The Labute approximate surface area is 182 Å². The van der Waals surface area contributed by atoms with Gasteiger partial charge in [-0.3, -0.25) is 4.79 Å². The van der Waals surface area contributed by atoms with Crippen molar-refractivity contribution in [2.75, 3.05) is 5.32 Å². The standard InChI is InChI=1S/C23H17ClN6O/c1-14-17(13-26-30(14)21-8-4-5-11-25-21)23(31)27-15-9-10-19-20(12-15)29-22(28-19)16-6-2-3-7-18(16)24/h2-13H,1H3,(H,27,31)(H,28,29). The number of aromatic amines is 1. The average Bonchev–Trinajstić information content (AvgIpc) is 3.37. The van der Waals surface area contributed by atoms with Gasteiger partial charge in [-0.05, 0) is 49.4 Å². The molecule has 0 saturated heterocycles. The zero-order valence-electron chi connectivity index (χ0n) is 16.5. The third-order valence-corrected chi connectivity index (χ3v) is 5.32. The topological polar surface area (TPSA) is 88.5 Å². The Morgan fingerprint density at radius 2 is 1.94 bits per heavy atom. The van der Waals surface area contributed by atoms with E-state index in [0.717, 1.165) is 16.6 Å². The first kappa shape index (κ1) is 19.0. The molecular formula is C23H17ClN6O. The summed E-state index contributed by atoms with van der Waals surface area (Å²) in [6.45, 7) is 1.84. The highest BCUT2D eigenvalue weighted by molar-refractivity contribution is 6.33. The molecule has 5 aromatic rings. The zero-order valence-corrected chi connectivity index (χ0v) is 17.3. The van der Waals surface area contributed by atoms with Crippen LogP contribution in [-0.4, -0.2) is 30.6 Å². The Morgan fingerprint density at radius 3 is 2.74 bits per heavy atom. The Bertz CT molecular complexity index is 1410. The lowest BCUT2D eigenvalue weighted by molar-refractivity contribution is 0.102. The Morgan fingerprint density at radius 1 is 1.10 bits per heavy atom. The Kier molecular flexibility index (Phi) is 4.72. The van der Waals surface area contributed by atoms with Gasteiger partial charge in [0, 0.05) is 17.4 Å². The minimum atomic E-state index is -0.245. The summed E-state index contributed by atoms with van der Waals surface area (Å²) in [4.78, 5) is 25.0. The summed E-state index contributed by atoms with van der Waals surface area (Å²) in [5.74, 6) is 1.09. The highest BCUT2D eigenvalue weighted by Gasteiger charge is 2.16. The number of amides is 1. The minimum Gasteiger partial charge on any atom is -0.338 e. The molecule has 7 nitrogen and oxygen atoms in total. The third-order valence-electron chi connectivity index (χ3n) is 4.99. The number of hydrogen-bond donors (Lipinski definition) is 2. The summed E-state index contributed by atoms with van der Waals surface area (Å²) < 4.78 is 1.64. The molecule has 1 amide bonds. The largest absolute Gasteiger partial charge is 0.338 e. The normalized spacial score (nSPS) is 11.0. The lowest BCUT2D eigenvalue weighted by atomic mass is 10.2. The van der Waals surface area contributed by atoms with E-state index in [1.165, 1.54) is 0 Å². The summed E-state index contributed by atoms with van der Waals surface area (Å²) in [6, 6.07) is 18.6. The van der Waals surface area contributed by atoms with Crippen molar-refractivity contribution >= 4 is 34.2 Å². The van der Waals surface area contributed by atoms with Crippen molar-refractivity contribution in [3.05, 3.63) is 89.3 Å². The van der Waals surface area contributed by atoms with Crippen LogP contribution in [0, 0.1) is 6.92 Å². The van der Waals surface area contributed by atoms with E-state index in [2.05, 4.69) is 25.4 Å². The minimum absolute atomic E-state index is 0.245. The van der Waals surface area contributed by atoms with Crippen LogP contribution < -0.4 is 5.32 Å². The van der Waals surface area contributed by atoms with Crippen LogP contribution in [0.5, 0.6) is 0 Å². The van der Waals surface area contributed by atoms with Gasteiger partial charge in [-0.15, -0.1) is 0 Å². The first-order valence-corrected chi connectivity index (χ1v) is 10.00. The van der Waals surface area contributed by atoms with E-state index in [4.69, 9.17) is 11.6 Å². The quantitative estimate of drug-likeness (QED) is 0.420. The van der Waals surface area contributed by atoms with Crippen LogP contribution in [0.1, 0.15) is 16.1 Å². The number of benzene rings is 2. The highest BCUT2D eigenvalue weighted by atomic mass is 35.5. The number of fused-ring (bicyclic) bond motifs is 1. The molecule has 2 aromatic carbocycles. The van der Waals surface area contributed by atoms with Gasteiger partial charge in [-0.2, -0.15) is 5.10 Å². The van der Waals surface area contributed by atoms with Gasteiger partial charge in [0.15, 0.2) is 5.82 Å². The summed E-state index contributed by atoms with van der Waals surface area (Å²) in [5, 5.41) is 7.86. The zero-order chi connectivity index (χ0) is 21.4. The van der Waals surface area contributed by atoms with Crippen LogP contribution in [0.25, 0.3) is 28.2 Å². The number of imidazole rings is 1. The molecule has 0 radical (unpaired) electrons. The van der Waals surface area contributed by atoms with E-state index in [1.54, 1.807) is 17.1 Å². The van der Waals surface area contributed by atoms with Crippen LogP contribution in [0.2, 0.25) is 5.02 Å². The number of anilines is 1. The number of aromatic nitrogens is 5. The first-order chi connectivity index (χ1) is 15.1. The second kappa shape index (κ2) is 7.70. The van der Waals surface area contributed by atoms with Crippen molar-refractivity contribution in [3.8, 4) is 17.2 Å². The Balaban J connectivity index is 1.41. The van der Waals surface area contributed by atoms with Gasteiger partial charge in [0.05, 0.1) is 33.5 Å². The van der Waals surface area contributed by atoms with Gasteiger partial charge in [0.25, 0.3) is 5.91 Å². The molecule has 0 fully saturated rings. The number of halogens is 1. The molecule has 31 heavy (non-hydrogen) atoms. The number of pyridine rings is 1. The maximum Gasteiger partial charge on any atom is 0.259 e. The second-order valence-electron chi connectivity index (χ2n) is 6.99. The van der Waals surface area contributed by atoms with Crippen LogP contribution in [0.15, 0.2) is 73.1 Å². The molecule has 0 spiro atoms. The lowest BCUT2D eigenvalue weighted by Crippen LogP contribution is -2.13. The van der Waals surface area contributed by atoms with Crippen molar-refractivity contribution < 1.29 is 4.79 Å². The molecule has 0 aliphatic rings. The van der Waals surface area contributed by atoms with Gasteiger partial charge in [0.2, 0.25) is 0 Å². The van der Waals surface area contributed by atoms with Gasteiger partial charge < -0.3 is 10.3 Å². The average molecular weight is 429 g/mol. The van der Waals surface area contributed by atoms with Gasteiger partial charge in [-0.25, -0.2) is 14.6 Å². The van der Waals surface area contributed by atoms with E-state index in [9.17, 15) is 4.79 Å². The summed E-state index contributed by atoms with van der Waals surface area (Å²) >= 11 is 6.29. The molecule has 8 heteroatoms. The summed E-state index contributed by atoms with van der Waals surface area (Å²) in [5.41, 5.74) is 4.24. The van der Waals surface area contributed by atoms with Crippen molar-refractivity contribution in [1.29, 1.82) is 0 Å². The van der Waals surface area contributed by atoms with Crippen LogP contribution in [0.3, 0.4) is 0 Å². The van der Waals surface area contributed by atoms with Gasteiger partial charge >= 0.3 is 0 Å². The molecular weight excluding hydrogens is 412 g/mol. The van der Waals surface area contributed by atoms with E-state index < -0.39 is 0 Å². The molecule has 2 N–H and O–H groups in total. The number of hydrogen-bond acceptors (Lipinski definition) is 4. The number of H-pyrrole nitrogens is 1. The van der Waals surface area contributed by atoms with E-state index in [-0.39, 0.29) is 5.91 Å². The molecule has 5 rings (SSSR count). The number of nitrogens with one attached hydrogen (secondary N) is 2. The number of rotatable bonds is 4. The summed E-state index contributed by atoms with van der Waals surface area (Å²) in [6.07, 6.45) is 3.23. The molecule has 0 bridgehead atoms. The molecule has 3 heterocycles. The third kappa shape index (κ3) is 3.55. The fourth-order valence-corrected chi connectivity index (χ4v) is 3.63. The van der Waals surface area contributed by atoms with Crippen LogP contribution in [0.4, 0.5) is 5.69 Å². The smallest absolute Gasteiger partial charge is 0.259 e. The Hall–Kier alpha value is -3.97. The number of carbonyl (C=O) groups excluding carboxylic acids is 1. The monoisotopic (exact) mass is 428 g/mol. The van der Waals surface area contributed by atoms with Crippen LogP contribution >= 0.6 is 11.6 Å². The van der Waals surface area contributed by atoms with E-state index in [1.807, 2.05) is 67.6 Å². The number of carbonyl (C=O) groups is 1. The van der Waals surface area contributed by atoms with Gasteiger partial charge in [0.1, 0.15) is 5.82 Å². The fourth-order valence-electron chi connectivity index (χ4n) is 3.41. The molecule has 0 aliphatic carbocycles. The van der Waals surface area contributed by atoms with Crippen molar-refractivity contribution in [3.63, 3.8) is 0 Å². The SMILES string of the molecule is Cc1c(C(=O)Nc2ccc3nc(-c4ccccc4Cl)[nH]c3c2)cnn1-c1ccccn1. The predicted molar refractivity (Wildman–Crippen MR) is 121 cm³/mol. The molecule has 0 unspecified atom stereocenters. The van der Waals surface area contributed by atoms with Crippen molar-refractivity contribution in [2.45, 2.75) is 6.92 Å². The molecule has 0 aliphatic heterocycles. The predicted octanol–water partition coefficient (Wildman–Crippen LogP) is 5.02. The molecule has 0 saturated carbocycles. The lowest BCUT2D eigenvalue weighted by Gasteiger charge is -2.06. The number of nitrogens with zero attached hydrogens (tertiary/aromatic N) is 4. The highest BCUT2D eigenvalue weighted by Crippen LogP contribution is 2.28. The maximum atomic E-state index is 12.9. The molecule has 152 valence electrons.